The molecule has 1 aliphatic rings. The Hall–Kier alpha value is -2.46. The summed E-state index contributed by atoms with van der Waals surface area (Å²) in [6, 6.07) is 4.51. The van der Waals surface area contributed by atoms with Crippen molar-refractivity contribution in [2.45, 2.75) is 17.9 Å². The molecule has 144 valence electrons. The van der Waals surface area contributed by atoms with Crippen LogP contribution in [-0.2, 0) is 0 Å². The summed E-state index contributed by atoms with van der Waals surface area (Å²) in [5.74, 6) is -3.90. The van der Waals surface area contributed by atoms with Crippen LogP contribution >= 0.6 is 11.3 Å². The molecule has 1 aromatic heterocycles. The van der Waals surface area contributed by atoms with E-state index in [2.05, 4.69) is 5.32 Å². The lowest BCUT2D eigenvalue weighted by molar-refractivity contribution is -0.322. The number of carbonyl (C=O) groups excluding carboxylic acids is 2. The minimum Gasteiger partial charge on any atom is -0.363 e. The maximum Gasteiger partial charge on any atom is 0.437 e. The van der Waals surface area contributed by atoms with Crippen LogP contribution in [0, 0.1) is 11.7 Å². The maximum absolute atomic E-state index is 13.9. The van der Waals surface area contributed by atoms with E-state index in [1.54, 1.807) is 0 Å². The van der Waals surface area contributed by atoms with Crippen molar-refractivity contribution in [3.8, 4) is 0 Å². The average Bonchev–Trinajstić information content (AvgIpc) is 3.12. The summed E-state index contributed by atoms with van der Waals surface area (Å²) >= 11 is 0.905. The van der Waals surface area contributed by atoms with Crippen LogP contribution in [0.3, 0.4) is 0 Å². The van der Waals surface area contributed by atoms with Gasteiger partial charge >= 0.3 is 12.2 Å². The topological polar surface area (TPSA) is 69.6 Å². The minimum absolute atomic E-state index is 0.0198. The number of amides is 2. The van der Waals surface area contributed by atoms with Gasteiger partial charge in [0.1, 0.15) is 11.7 Å². The van der Waals surface area contributed by atoms with Crippen LogP contribution in [-0.4, -0.2) is 40.8 Å². The van der Waals surface area contributed by atoms with Gasteiger partial charge in [-0.05, 0) is 29.1 Å². The van der Waals surface area contributed by atoms with Gasteiger partial charge in [0.15, 0.2) is 5.78 Å². The van der Waals surface area contributed by atoms with E-state index in [-0.39, 0.29) is 15.3 Å². The zero-order valence-electron chi connectivity index (χ0n) is 13.8. The molecule has 10 heteroatoms. The van der Waals surface area contributed by atoms with E-state index in [1.807, 2.05) is 0 Å². The molecule has 1 saturated heterocycles. The molecule has 3 unspecified atom stereocenters. The van der Waals surface area contributed by atoms with Crippen LogP contribution in [0.4, 0.5) is 22.4 Å². The normalized spacial score (nSPS) is 26.0. The summed E-state index contributed by atoms with van der Waals surface area (Å²) < 4.78 is 55.3. The summed E-state index contributed by atoms with van der Waals surface area (Å²) in [7, 11) is 0.749. The van der Waals surface area contributed by atoms with Crippen molar-refractivity contribution in [3.63, 3.8) is 0 Å². The number of halogens is 4. The number of aliphatic hydroxyl groups is 1. The molecular formula is C17H14F4N2O3S. The van der Waals surface area contributed by atoms with Crippen molar-refractivity contribution >= 4 is 23.2 Å². The summed E-state index contributed by atoms with van der Waals surface area (Å²) in [6.07, 6.45) is -5.33. The molecule has 5 nitrogen and oxygen atoms in total. The number of rotatable bonds is 3. The van der Waals surface area contributed by atoms with Gasteiger partial charge in [0.2, 0.25) is 0 Å². The summed E-state index contributed by atoms with van der Waals surface area (Å²) in [4.78, 5) is 25.1. The number of urea groups is 1. The number of nitrogens with zero attached hydrogens (tertiary/aromatic N) is 1. The van der Waals surface area contributed by atoms with E-state index in [0.717, 1.165) is 30.5 Å². The van der Waals surface area contributed by atoms with E-state index >= 15 is 0 Å². The quantitative estimate of drug-likeness (QED) is 0.611. The fourth-order valence-corrected chi connectivity index (χ4v) is 3.86. The highest BCUT2D eigenvalue weighted by atomic mass is 32.1. The third kappa shape index (κ3) is 3.08. The lowest BCUT2D eigenvalue weighted by Gasteiger charge is -2.49. The zero-order valence-corrected chi connectivity index (χ0v) is 14.6. The lowest BCUT2D eigenvalue weighted by atomic mass is 9.78. The Morgan fingerprint density at radius 3 is 2.56 bits per heavy atom. The number of Topliss-reactive ketones (excluding diaryl/α,β-unsaturated/α-hetero) is 1. The first-order chi connectivity index (χ1) is 12.6. The third-order valence-corrected chi connectivity index (χ3v) is 5.42. The second-order valence-corrected chi connectivity index (χ2v) is 7.03. The van der Waals surface area contributed by atoms with Crippen molar-refractivity contribution in [2.24, 2.45) is 5.92 Å². The van der Waals surface area contributed by atoms with Crippen LogP contribution in [0.2, 0.25) is 0 Å². The van der Waals surface area contributed by atoms with Crippen LogP contribution in [0.15, 0.2) is 41.8 Å². The molecule has 3 rings (SSSR count). The first-order valence-corrected chi connectivity index (χ1v) is 8.62. The van der Waals surface area contributed by atoms with Gasteiger partial charge < -0.3 is 10.4 Å². The number of hydrogen-bond acceptors (Lipinski definition) is 4. The monoisotopic (exact) mass is 402 g/mol. The highest BCUT2D eigenvalue weighted by molar-refractivity contribution is 7.12. The van der Waals surface area contributed by atoms with Gasteiger partial charge in [-0.1, -0.05) is 18.2 Å². The SMILES string of the molecule is CN1C(=O)NC(c2cccc(F)c2)C(C(=O)c2cccs2)C1(O)C(F)(F)F. The Balaban J connectivity index is 2.21. The van der Waals surface area contributed by atoms with Crippen LogP contribution in [0.1, 0.15) is 21.3 Å². The molecular weight excluding hydrogens is 388 g/mol. The molecule has 1 fully saturated rings. The van der Waals surface area contributed by atoms with Crippen molar-refractivity contribution in [1.82, 2.24) is 10.2 Å². The zero-order chi connectivity index (χ0) is 20.0. The number of hydrogen-bond donors (Lipinski definition) is 2. The molecule has 0 spiro atoms. The number of alkyl halides is 3. The Labute approximate surface area is 155 Å². The van der Waals surface area contributed by atoms with Gasteiger partial charge in [0.25, 0.3) is 5.72 Å². The van der Waals surface area contributed by atoms with Gasteiger partial charge in [-0.2, -0.15) is 13.2 Å². The lowest BCUT2D eigenvalue weighted by Crippen LogP contribution is -2.72. The minimum atomic E-state index is -5.33. The Kier molecular flexibility index (Phi) is 4.73. The number of benzene rings is 1. The molecule has 2 amide bonds. The van der Waals surface area contributed by atoms with E-state index < -0.39 is 41.5 Å². The Morgan fingerprint density at radius 2 is 2.00 bits per heavy atom. The number of carbonyl (C=O) groups is 2. The second kappa shape index (κ2) is 6.61. The molecule has 2 heterocycles. The van der Waals surface area contributed by atoms with Crippen LogP contribution in [0.5, 0.6) is 0 Å². The predicted octanol–water partition coefficient (Wildman–Crippen LogP) is 3.33. The fraction of sp³-hybridized carbons (Fsp3) is 0.294. The maximum atomic E-state index is 13.9. The van der Waals surface area contributed by atoms with Gasteiger partial charge in [-0.25, -0.2) is 9.18 Å². The molecule has 0 saturated carbocycles. The van der Waals surface area contributed by atoms with E-state index in [0.29, 0.717) is 0 Å². The summed E-state index contributed by atoms with van der Waals surface area (Å²) in [5, 5.41) is 14.4. The number of nitrogens with one attached hydrogen (secondary N) is 1. The highest BCUT2D eigenvalue weighted by Crippen LogP contribution is 2.47. The first-order valence-electron chi connectivity index (χ1n) is 7.74. The summed E-state index contributed by atoms with van der Waals surface area (Å²) in [5.41, 5.74) is -3.83. The molecule has 27 heavy (non-hydrogen) atoms. The van der Waals surface area contributed by atoms with Crippen molar-refractivity contribution in [3.05, 3.63) is 58.0 Å². The molecule has 3 atom stereocenters. The predicted molar refractivity (Wildman–Crippen MR) is 88.6 cm³/mol. The van der Waals surface area contributed by atoms with E-state index in [4.69, 9.17) is 0 Å². The molecule has 1 aliphatic heterocycles. The van der Waals surface area contributed by atoms with E-state index in [1.165, 1.54) is 29.6 Å². The van der Waals surface area contributed by atoms with Gasteiger partial charge in [-0.15, -0.1) is 11.3 Å². The van der Waals surface area contributed by atoms with Gasteiger partial charge in [-0.3, -0.25) is 9.69 Å². The fourth-order valence-electron chi connectivity index (χ4n) is 3.16. The number of ketones is 1. The van der Waals surface area contributed by atoms with Crippen molar-refractivity contribution in [1.29, 1.82) is 0 Å². The third-order valence-electron chi connectivity index (χ3n) is 4.53. The first kappa shape index (κ1) is 19.3. The average molecular weight is 402 g/mol. The molecule has 2 N–H and O–H groups in total. The van der Waals surface area contributed by atoms with Crippen molar-refractivity contribution < 1.29 is 32.3 Å². The molecule has 0 radical (unpaired) electrons. The van der Waals surface area contributed by atoms with E-state index in [9.17, 15) is 32.3 Å². The van der Waals surface area contributed by atoms with Crippen LogP contribution in [0.25, 0.3) is 0 Å². The molecule has 0 aliphatic carbocycles. The Morgan fingerprint density at radius 1 is 1.30 bits per heavy atom. The van der Waals surface area contributed by atoms with Crippen LogP contribution < -0.4 is 5.32 Å². The number of thiophene rings is 1. The smallest absolute Gasteiger partial charge is 0.363 e. The molecule has 0 bridgehead atoms. The standard InChI is InChI=1S/C17H14F4N2O3S/c1-23-15(25)22-13(9-4-2-5-10(18)8-9)12(16(23,26)17(19,20)21)14(24)11-6-3-7-27-11/h2-8,12-13,26H,1H3,(H,22,25). The summed E-state index contributed by atoms with van der Waals surface area (Å²) in [6.45, 7) is 0. The second-order valence-electron chi connectivity index (χ2n) is 6.08. The molecule has 1 aromatic carbocycles. The van der Waals surface area contributed by atoms with Gasteiger partial charge in [0.05, 0.1) is 10.9 Å². The van der Waals surface area contributed by atoms with Crippen molar-refractivity contribution in [2.75, 3.05) is 7.05 Å². The largest absolute Gasteiger partial charge is 0.437 e. The van der Waals surface area contributed by atoms with Gasteiger partial charge in [0, 0.05) is 7.05 Å². The highest BCUT2D eigenvalue weighted by Gasteiger charge is 2.69. The molecule has 2 aromatic rings. The Bertz CT molecular complexity index is 871.